The van der Waals surface area contributed by atoms with Gasteiger partial charge in [0.1, 0.15) is 0 Å². The molecule has 1 unspecified atom stereocenters. The number of halogens is 2. The van der Waals surface area contributed by atoms with Crippen molar-refractivity contribution in [3.63, 3.8) is 0 Å². The standard InChI is InChI=1S/C15H19Cl2NO/c1-3-11-5-6-13(17)12(4-2)15(11)18-9-10(8-16)7-14(18)19/h5-6,10H,3-4,7-9H2,1-2H3. The van der Waals surface area contributed by atoms with Crippen molar-refractivity contribution < 1.29 is 4.79 Å². The van der Waals surface area contributed by atoms with Gasteiger partial charge in [0, 0.05) is 23.9 Å². The number of carbonyl (C=O) groups is 1. The van der Waals surface area contributed by atoms with E-state index in [0.717, 1.165) is 29.1 Å². The molecule has 2 rings (SSSR count). The molecule has 0 aromatic heterocycles. The molecule has 1 heterocycles. The minimum Gasteiger partial charge on any atom is -0.311 e. The second-order valence-electron chi connectivity index (χ2n) is 4.97. The Kier molecular flexibility index (Phi) is 4.75. The van der Waals surface area contributed by atoms with Crippen LogP contribution in [0.4, 0.5) is 5.69 Å². The lowest BCUT2D eigenvalue weighted by atomic mass is 10.0. The van der Waals surface area contributed by atoms with Crippen molar-refractivity contribution in [1.29, 1.82) is 0 Å². The summed E-state index contributed by atoms with van der Waals surface area (Å²) in [6.07, 6.45) is 2.27. The molecule has 1 fully saturated rings. The summed E-state index contributed by atoms with van der Waals surface area (Å²) in [5.41, 5.74) is 3.28. The molecule has 1 amide bonds. The second-order valence-corrected chi connectivity index (χ2v) is 5.69. The number of hydrogen-bond acceptors (Lipinski definition) is 1. The summed E-state index contributed by atoms with van der Waals surface area (Å²) in [4.78, 5) is 14.1. The average Bonchev–Trinajstić information content (AvgIpc) is 2.79. The van der Waals surface area contributed by atoms with Crippen molar-refractivity contribution in [2.45, 2.75) is 33.1 Å². The van der Waals surface area contributed by atoms with Gasteiger partial charge in [-0.05, 0) is 36.0 Å². The fraction of sp³-hybridized carbons (Fsp3) is 0.533. The third kappa shape index (κ3) is 2.75. The van der Waals surface area contributed by atoms with Crippen LogP contribution in [0.25, 0.3) is 0 Å². The van der Waals surface area contributed by atoms with E-state index in [9.17, 15) is 4.79 Å². The summed E-state index contributed by atoms with van der Waals surface area (Å²) < 4.78 is 0. The van der Waals surface area contributed by atoms with Crippen LogP contribution in [0.1, 0.15) is 31.4 Å². The number of anilines is 1. The van der Waals surface area contributed by atoms with Crippen molar-refractivity contribution >= 4 is 34.8 Å². The summed E-state index contributed by atoms with van der Waals surface area (Å²) >= 11 is 12.2. The van der Waals surface area contributed by atoms with Gasteiger partial charge in [-0.3, -0.25) is 4.79 Å². The molecule has 1 aromatic rings. The normalized spacial score (nSPS) is 19.3. The van der Waals surface area contributed by atoms with E-state index < -0.39 is 0 Å². The number of rotatable bonds is 4. The van der Waals surface area contributed by atoms with Gasteiger partial charge >= 0.3 is 0 Å². The molecular formula is C15H19Cl2NO. The Morgan fingerprint density at radius 2 is 2.05 bits per heavy atom. The molecule has 0 aliphatic carbocycles. The predicted octanol–water partition coefficient (Wildman–Crippen LogP) is 4.06. The van der Waals surface area contributed by atoms with Gasteiger partial charge in [0.05, 0.1) is 5.69 Å². The number of aryl methyl sites for hydroxylation is 1. The monoisotopic (exact) mass is 299 g/mol. The number of carbonyl (C=O) groups excluding carboxylic acids is 1. The van der Waals surface area contributed by atoms with E-state index in [4.69, 9.17) is 23.2 Å². The van der Waals surface area contributed by atoms with Gasteiger partial charge in [-0.25, -0.2) is 0 Å². The first-order chi connectivity index (χ1) is 9.12. The maximum Gasteiger partial charge on any atom is 0.227 e. The van der Waals surface area contributed by atoms with Crippen molar-refractivity contribution in [2.75, 3.05) is 17.3 Å². The SMILES string of the molecule is CCc1ccc(Cl)c(CC)c1N1CC(CCl)CC1=O. The van der Waals surface area contributed by atoms with Crippen LogP contribution in [0.15, 0.2) is 12.1 Å². The van der Waals surface area contributed by atoms with Gasteiger partial charge in [0.15, 0.2) is 0 Å². The quantitative estimate of drug-likeness (QED) is 0.768. The summed E-state index contributed by atoms with van der Waals surface area (Å²) in [5, 5.41) is 0.747. The van der Waals surface area contributed by atoms with E-state index in [1.54, 1.807) is 0 Å². The maximum atomic E-state index is 12.2. The van der Waals surface area contributed by atoms with Crippen molar-refractivity contribution in [2.24, 2.45) is 5.92 Å². The summed E-state index contributed by atoms with van der Waals surface area (Å²) in [5.74, 6) is 0.950. The number of nitrogens with zero attached hydrogens (tertiary/aromatic N) is 1. The second kappa shape index (κ2) is 6.15. The molecule has 1 atom stereocenters. The van der Waals surface area contributed by atoms with Crippen LogP contribution in [0.3, 0.4) is 0 Å². The first-order valence-electron chi connectivity index (χ1n) is 6.78. The van der Waals surface area contributed by atoms with Crippen molar-refractivity contribution in [3.8, 4) is 0 Å². The Bertz CT molecular complexity index is 487. The molecule has 0 bridgehead atoms. The van der Waals surface area contributed by atoms with E-state index in [1.807, 2.05) is 17.0 Å². The van der Waals surface area contributed by atoms with Crippen LogP contribution in [0, 0.1) is 5.92 Å². The van der Waals surface area contributed by atoms with Gasteiger partial charge in [0.25, 0.3) is 0 Å². The maximum absolute atomic E-state index is 12.2. The van der Waals surface area contributed by atoms with E-state index in [1.165, 1.54) is 5.56 Å². The third-order valence-corrected chi connectivity index (χ3v) is 4.53. The van der Waals surface area contributed by atoms with Crippen LogP contribution < -0.4 is 4.90 Å². The summed E-state index contributed by atoms with van der Waals surface area (Å²) in [7, 11) is 0. The Hall–Kier alpha value is -0.730. The molecule has 1 aliphatic heterocycles. The molecule has 4 heteroatoms. The number of alkyl halides is 1. The zero-order chi connectivity index (χ0) is 14.0. The highest BCUT2D eigenvalue weighted by atomic mass is 35.5. The van der Waals surface area contributed by atoms with Gasteiger partial charge in [-0.2, -0.15) is 0 Å². The van der Waals surface area contributed by atoms with Crippen LogP contribution in [0.5, 0.6) is 0 Å². The highest BCUT2D eigenvalue weighted by Gasteiger charge is 2.32. The van der Waals surface area contributed by atoms with E-state index in [2.05, 4.69) is 13.8 Å². The molecule has 1 aliphatic rings. The highest BCUT2D eigenvalue weighted by molar-refractivity contribution is 6.32. The minimum atomic E-state index is 0.164. The minimum absolute atomic E-state index is 0.164. The van der Waals surface area contributed by atoms with E-state index in [-0.39, 0.29) is 11.8 Å². The van der Waals surface area contributed by atoms with Gasteiger partial charge in [0.2, 0.25) is 5.91 Å². The molecule has 0 saturated carbocycles. The van der Waals surface area contributed by atoms with E-state index >= 15 is 0 Å². The summed E-state index contributed by atoms with van der Waals surface area (Å²) in [6, 6.07) is 3.96. The molecular weight excluding hydrogens is 281 g/mol. The Morgan fingerprint density at radius 1 is 1.32 bits per heavy atom. The van der Waals surface area contributed by atoms with Crippen LogP contribution in [0.2, 0.25) is 5.02 Å². The zero-order valence-electron chi connectivity index (χ0n) is 11.4. The van der Waals surface area contributed by atoms with Crippen molar-refractivity contribution in [1.82, 2.24) is 0 Å². The van der Waals surface area contributed by atoms with Crippen LogP contribution in [-0.4, -0.2) is 18.3 Å². The summed E-state index contributed by atoms with van der Waals surface area (Å²) in [6.45, 7) is 4.89. The first-order valence-corrected chi connectivity index (χ1v) is 7.70. The molecule has 0 radical (unpaired) electrons. The lowest BCUT2D eigenvalue weighted by molar-refractivity contribution is -0.117. The number of amides is 1. The predicted molar refractivity (Wildman–Crippen MR) is 81.4 cm³/mol. The Balaban J connectivity index is 2.48. The highest BCUT2D eigenvalue weighted by Crippen LogP contribution is 2.36. The van der Waals surface area contributed by atoms with Gasteiger partial charge < -0.3 is 4.90 Å². The molecule has 1 saturated heterocycles. The smallest absolute Gasteiger partial charge is 0.227 e. The molecule has 0 N–H and O–H groups in total. The van der Waals surface area contributed by atoms with Gasteiger partial charge in [-0.1, -0.05) is 31.5 Å². The largest absolute Gasteiger partial charge is 0.311 e. The lowest BCUT2D eigenvalue weighted by Gasteiger charge is -2.24. The third-order valence-electron chi connectivity index (χ3n) is 3.74. The zero-order valence-corrected chi connectivity index (χ0v) is 12.9. The Labute approximate surface area is 124 Å². The van der Waals surface area contributed by atoms with Crippen LogP contribution in [-0.2, 0) is 17.6 Å². The fourth-order valence-electron chi connectivity index (χ4n) is 2.72. The van der Waals surface area contributed by atoms with Crippen LogP contribution >= 0.6 is 23.2 Å². The molecule has 0 spiro atoms. The van der Waals surface area contributed by atoms with Gasteiger partial charge in [-0.15, -0.1) is 11.6 Å². The van der Waals surface area contributed by atoms with Crippen molar-refractivity contribution in [3.05, 3.63) is 28.3 Å². The first kappa shape index (κ1) is 14.7. The molecule has 19 heavy (non-hydrogen) atoms. The average molecular weight is 300 g/mol. The topological polar surface area (TPSA) is 20.3 Å². The number of benzene rings is 1. The fourth-order valence-corrected chi connectivity index (χ4v) is 3.21. The lowest BCUT2D eigenvalue weighted by Crippen LogP contribution is -2.27. The Morgan fingerprint density at radius 3 is 2.58 bits per heavy atom. The molecule has 1 aromatic carbocycles. The molecule has 2 nitrogen and oxygen atoms in total. The van der Waals surface area contributed by atoms with E-state index in [0.29, 0.717) is 18.8 Å². The number of hydrogen-bond donors (Lipinski definition) is 0. The molecule has 104 valence electrons.